The Morgan fingerprint density at radius 1 is 1.00 bits per heavy atom. The van der Waals surface area contributed by atoms with Gasteiger partial charge in [-0.3, -0.25) is 19.1 Å². The lowest BCUT2D eigenvalue weighted by Crippen LogP contribution is -2.46. The van der Waals surface area contributed by atoms with E-state index in [2.05, 4.69) is 15.4 Å². The second-order valence-corrected chi connectivity index (χ2v) is 7.32. The number of aromatic nitrogens is 4. The third-order valence-corrected chi connectivity index (χ3v) is 5.10. The van der Waals surface area contributed by atoms with E-state index in [0.29, 0.717) is 11.3 Å². The SMILES string of the molecule is Cc1ccccc1Cn1c(=O)c(C(=O)NCc2ccccn2)nn(-c2ccccc2F)c1=O. The summed E-state index contributed by atoms with van der Waals surface area (Å²) in [6.07, 6.45) is 1.58. The Kier molecular flexibility index (Phi) is 6.21. The number of carbonyl (C=O) groups excluding carboxylic acids is 1. The molecule has 4 rings (SSSR count). The number of hydrogen-bond acceptors (Lipinski definition) is 5. The zero-order chi connectivity index (χ0) is 23.4. The Hall–Kier alpha value is -4.40. The van der Waals surface area contributed by atoms with E-state index < -0.39 is 28.7 Å². The van der Waals surface area contributed by atoms with Gasteiger partial charge in [0.25, 0.3) is 11.5 Å². The van der Waals surface area contributed by atoms with E-state index >= 15 is 0 Å². The van der Waals surface area contributed by atoms with E-state index in [0.717, 1.165) is 14.8 Å². The summed E-state index contributed by atoms with van der Waals surface area (Å²) >= 11 is 0. The van der Waals surface area contributed by atoms with Gasteiger partial charge in [-0.05, 0) is 42.3 Å². The average molecular weight is 445 g/mol. The minimum absolute atomic E-state index is 0.0530. The van der Waals surface area contributed by atoms with Crippen molar-refractivity contribution < 1.29 is 9.18 Å². The molecule has 0 bridgehead atoms. The van der Waals surface area contributed by atoms with E-state index in [1.807, 2.05) is 19.1 Å². The van der Waals surface area contributed by atoms with Gasteiger partial charge in [-0.2, -0.15) is 9.78 Å². The molecular formula is C24H20FN5O3. The fraction of sp³-hybridized carbons (Fsp3) is 0.125. The fourth-order valence-electron chi connectivity index (χ4n) is 3.29. The van der Waals surface area contributed by atoms with Crippen LogP contribution in [0, 0.1) is 12.7 Å². The Bertz CT molecular complexity index is 1430. The van der Waals surface area contributed by atoms with Crippen LogP contribution in [-0.2, 0) is 13.1 Å². The molecule has 8 nitrogen and oxygen atoms in total. The summed E-state index contributed by atoms with van der Waals surface area (Å²) in [5.41, 5.74) is -0.262. The molecule has 0 aliphatic rings. The summed E-state index contributed by atoms with van der Waals surface area (Å²) in [5, 5.41) is 6.52. The Morgan fingerprint density at radius 3 is 2.45 bits per heavy atom. The topological polar surface area (TPSA) is 98.9 Å². The van der Waals surface area contributed by atoms with Crippen LogP contribution >= 0.6 is 0 Å². The van der Waals surface area contributed by atoms with Crippen molar-refractivity contribution in [3.8, 4) is 5.69 Å². The van der Waals surface area contributed by atoms with Crippen molar-refractivity contribution in [1.29, 1.82) is 0 Å². The monoisotopic (exact) mass is 445 g/mol. The summed E-state index contributed by atoms with van der Waals surface area (Å²) in [6, 6.07) is 18.0. The minimum atomic E-state index is -0.866. The molecule has 2 heterocycles. The molecule has 9 heteroatoms. The van der Waals surface area contributed by atoms with Crippen LogP contribution in [0.4, 0.5) is 4.39 Å². The van der Waals surface area contributed by atoms with Crippen LogP contribution in [0.2, 0.25) is 0 Å². The lowest BCUT2D eigenvalue weighted by Gasteiger charge is -2.13. The quantitative estimate of drug-likeness (QED) is 0.491. The first-order valence-electron chi connectivity index (χ1n) is 10.2. The van der Waals surface area contributed by atoms with E-state index in [4.69, 9.17) is 0 Å². The average Bonchev–Trinajstić information content (AvgIpc) is 2.83. The molecule has 1 N–H and O–H groups in total. The first-order valence-corrected chi connectivity index (χ1v) is 10.2. The van der Waals surface area contributed by atoms with Crippen molar-refractivity contribution in [3.05, 3.63) is 122 Å². The first-order chi connectivity index (χ1) is 16.0. The highest BCUT2D eigenvalue weighted by Crippen LogP contribution is 2.10. The molecule has 0 fully saturated rings. The van der Waals surface area contributed by atoms with Crippen molar-refractivity contribution in [2.75, 3.05) is 0 Å². The van der Waals surface area contributed by atoms with Crippen LogP contribution in [0.3, 0.4) is 0 Å². The molecule has 0 spiro atoms. The summed E-state index contributed by atoms with van der Waals surface area (Å²) in [7, 11) is 0. The van der Waals surface area contributed by atoms with E-state index in [1.54, 1.807) is 36.5 Å². The zero-order valence-corrected chi connectivity index (χ0v) is 17.7. The van der Waals surface area contributed by atoms with Crippen molar-refractivity contribution in [2.24, 2.45) is 0 Å². The number of nitrogens with one attached hydrogen (secondary N) is 1. The van der Waals surface area contributed by atoms with Gasteiger partial charge in [0.2, 0.25) is 5.69 Å². The maximum Gasteiger partial charge on any atom is 0.352 e. The molecule has 2 aromatic carbocycles. The van der Waals surface area contributed by atoms with Gasteiger partial charge in [0.15, 0.2) is 0 Å². The molecule has 0 radical (unpaired) electrons. The summed E-state index contributed by atoms with van der Waals surface area (Å²) < 4.78 is 16.1. The maximum absolute atomic E-state index is 14.5. The third-order valence-electron chi connectivity index (χ3n) is 5.10. The van der Waals surface area contributed by atoms with Crippen LogP contribution in [0.5, 0.6) is 0 Å². The van der Waals surface area contributed by atoms with Crippen LogP contribution < -0.4 is 16.6 Å². The number of nitrogens with zero attached hydrogens (tertiary/aromatic N) is 4. The molecule has 0 saturated carbocycles. The standard InChI is InChI=1S/C24H20FN5O3/c1-16-8-2-3-9-17(16)15-29-23(32)21(22(31)27-14-18-10-6-7-13-26-18)28-30(24(29)33)20-12-5-4-11-19(20)25/h2-13H,14-15H2,1H3,(H,27,31). The number of benzene rings is 2. The second kappa shape index (κ2) is 9.39. The number of rotatable bonds is 6. The lowest BCUT2D eigenvalue weighted by molar-refractivity contribution is 0.0940. The van der Waals surface area contributed by atoms with Crippen molar-refractivity contribution in [1.82, 2.24) is 24.6 Å². The molecule has 0 aliphatic heterocycles. The predicted molar refractivity (Wildman–Crippen MR) is 120 cm³/mol. The molecule has 0 saturated heterocycles. The van der Waals surface area contributed by atoms with Crippen molar-refractivity contribution in [3.63, 3.8) is 0 Å². The highest BCUT2D eigenvalue weighted by atomic mass is 19.1. The number of halogens is 1. The van der Waals surface area contributed by atoms with E-state index in [9.17, 15) is 18.8 Å². The molecule has 0 atom stereocenters. The predicted octanol–water partition coefficient (Wildman–Crippen LogP) is 2.22. The summed E-state index contributed by atoms with van der Waals surface area (Å²) in [6.45, 7) is 1.80. The molecule has 33 heavy (non-hydrogen) atoms. The smallest absolute Gasteiger partial charge is 0.345 e. The number of pyridine rings is 1. The van der Waals surface area contributed by atoms with Crippen LogP contribution in [0.1, 0.15) is 27.3 Å². The van der Waals surface area contributed by atoms with Gasteiger partial charge >= 0.3 is 5.69 Å². The van der Waals surface area contributed by atoms with Gasteiger partial charge in [0.1, 0.15) is 11.5 Å². The fourth-order valence-corrected chi connectivity index (χ4v) is 3.29. The van der Waals surface area contributed by atoms with Gasteiger partial charge in [0.05, 0.1) is 18.8 Å². The van der Waals surface area contributed by atoms with Crippen molar-refractivity contribution in [2.45, 2.75) is 20.0 Å². The molecule has 0 unspecified atom stereocenters. The zero-order valence-electron chi connectivity index (χ0n) is 17.7. The maximum atomic E-state index is 14.5. The van der Waals surface area contributed by atoms with Crippen LogP contribution in [-0.4, -0.2) is 25.2 Å². The third kappa shape index (κ3) is 4.62. The number of para-hydroxylation sites is 1. The summed E-state index contributed by atoms with van der Waals surface area (Å²) in [4.78, 5) is 43.3. The van der Waals surface area contributed by atoms with Gasteiger partial charge in [-0.1, -0.05) is 42.5 Å². The number of amides is 1. The highest BCUT2D eigenvalue weighted by Gasteiger charge is 2.22. The Balaban J connectivity index is 1.82. The Morgan fingerprint density at radius 2 is 1.73 bits per heavy atom. The number of aryl methyl sites for hydroxylation is 1. The van der Waals surface area contributed by atoms with Gasteiger partial charge < -0.3 is 5.32 Å². The molecular weight excluding hydrogens is 425 g/mol. The van der Waals surface area contributed by atoms with Gasteiger partial charge in [0, 0.05) is 6.20 Å². The highest BCUT2D eigenvalue weighted by molar-refractivity contribution is 5.91. The van der Waals surface area contributed by atoms with Gasteiger partial charge in [-0.25, -0.2) is 9.18 Å². The molecule has 2 aromatic heterocycles. The number of hydrogen-bond donors (Lipinski definition) is 1. The van der Waals surface area contributed by atoms with Crippen LogP contribution in [0.25, 0.3) is 5.69 Å². The molecule has 0 aliphatic carbocycles. The normalized spacial score (nSPS) is 10.7. The Labute approximate surface area is 188 Å². The second-order valence-electron chi connectivity index (χ2n) is 7.32. The van der Waals surface area contributed by atoms with Crippen molar-refractivity contribution >= 4 is 5.91 Å². The van der Waals surface area contributed by atoms with Crippen LogP contribution in [0.15, 0.2) is 82.5 Å². The van der Waals surface area contributed by atoms with Gasteiger partial charge in [-0.15, -0.1) is 0 Å². The number of carbonyl (C=O) groups is 1. The summed E-state index contributed by atoms with van der Waals surface area (Å²) in [5.74, 6) is -1.51. The molecule has 4 aromatic rings. The molecule has 1 amide bonds. The lowest BCUT2D eigenvalue weighted by atomic mass is 10.1. The molecule has 166 valence electrons. The first kappa shape index (κ1) is 21.8. The van der Waals surface area contributed by atoms with E-state index in [1.165, 1.54) is 24.3 Å². The van der Waals surface area contributed by atoms with E-state index in [-0.39, 0.29) is 18.8 Å². The largest absolute Gasteiger partial charge is 0.352 e. The minimum Gasteiger partial charge on any atom is -0.345 e.